The highest BCUT2D eigenvalue weighted by atomic mass is 16.2. The molecule has 0 heterocycles. The van der Waals surface area contributed by atoms with Gasteiger partial charge in [-0.25, -0.2) is 0 Å². The van der Waals surface area contributed by atoms with Gasteiger partial charge in [-0.2, -0.15) is 5.26 Å². The zero-order valence-corrected chi connectivity index (χ0v) is 12.8. The maximum absolute atomic E-state index is 12.3. The Morgan fingerprint density at radius 2 is 1.95 bits per heavy atom. The molecule has 22 heavy (non-hydrogen) atoms. The Hall–Kier alpha value is -2.64. The summed E-state index contributed by atoms with van der Waals surface area (Å²) in [4.78, 5) is 14.3. The van der Waals surface area contributed by atoms with Crippen molar-refractivity contribution in [3.8, 4) is 6.07 Å². The number of nitrogens with one attached hydrogen (secondary N) is 1. The summed E-state index contributed by atoms with van der Waals surface area (Å²) in [5.41, 5.74) is 2.34. The lowest BCUT2D eigenvalue weighted by Gasteiger charge is -2.24. The third-order valence-electron chi connectivity index (χ3n) is 3.57. The first-order valence-electron chi connectivity index (χ1n) is 7.15. The number of benzene rings is 2. The molecule has 1 unspecified atom stereocenters. The molecule has 0 saturated heterocycles. The molecule has 2 rings (SSSR count). The summed E-state index contributed by atoms with van der Waals surface area (Å²) in [5.74, 6) is -0.0893. The number of carbonyl (C=O) groups is 1. The fourth-order valence-corrected chi connectivity index (χ4v) is 2.12. The van der Waals surface area contributed by atoms with Crippen molar-refractivity contribution >= 4 is 11.6 Å². The Kier molecular flexibility index (Phi) is 5.29. The van der Waals surface area contributed by atoms with Crippen molar-refractivity contribution in [1.29, 1.82) is 5.26 Å². The summed E-state index contributed by atoms with van der Waals surface area (Å²) >= 11 is 0. The molecule has 1 N–H and O–H groups in total. The minimum absolute atomic E-state index is 0.0893. The zero-order valence-electron chi connectivity index (χ0n) is 12.8. The number of hydrogen-bond donors (Lipinski definition) is 1. The van der Waals surface area contributed by atoms with Gasteiger partial charge in [0.25, 0.3) is 0 Å². The highest BCUT2D eigenvalue weighted by Crippen LogP contribution is 2.12. The molecular weight excluding hydrogens is 274 g/mol. The van der Waals surface area contributed by atoms with E-state index in [1.165, 1.54) is 0 Å². The van der Waals surface area contributed by atoms with Crippen LogP contribution in [0, 0.1) is 11.3 Å². The lowest BCUT2D eigenvalue weighted by Crippen LogP contribution is -2.39. The van der Waals surface area contributed by atoms with Crippen LogP contribution in [0.25, 0.3) is 0 Å². The number of anilines is 1. The van der Waals surface area contributed by atoms with Crippen LogP contribution >= 0.6 is 0 Å². The van der Waals surface area contributed by atoms with Gasteiger partial charge in [-0.3, -0.25) is 9.69 Å². The van der Waals surface area contributed by atoms with E-state index in [1.54, 1.807) is 24.3 Å². The highest BCUT2D eigenvalue weighted by molar-refractivity contribution is 5.94. The molecule has 0 spiro atoms. The van der Waals surface area contributed by atoms with Crippen LogP contribution in [-0.4, -0.2) is 23.9 Å². The number of rotatable bonds is 5. The van der Waals surface area contributed by atoms with Gasteiger partial charge in [0, 0.05) is 12.2 Å². The summed E-state index contributed by atoms with van der Waals surface area (Å²) in [6.07, 6.45) is 0. The first kappa shape index (κ1) is 15.7. The number of likely N-dealkylation sites (N-methyl/N-ethyl adjacent to an activating group) is 1. The minimum atomic E-state index is -0.272. The van der Waals surface area contributed by atoms with E-state index in [2.05, 4.69) is 11.4 Å². The number of amides is 1. The van der Waals surface area contributed by atoms with Gasteiger partial charge in [-0.05, 0) is 37.7 Å². The summed E-state index contributed by atoms with van der Waals surface area (Å²) < 4.78 is 0. The molecule has 0 aliphatic rings. The van der Waals surface area contributed by atoms with Crippen LogP contribution in [0.1, 0.15) is 18.1 Å². The van der Waals surface area contributed by atoms with Gasteiger partial charge >= 0.3 is 0 Å². The van der Waals surface area contributed by atoms with Crippen LogP contribution in [0.2, 0.25) is 0 Å². The maximum atomic E-state index is 12.3. The number of carbonyl (C=O) groups excluding carboxylic acids is 1. The van der Waals surface area contributed by atoms with E-state index in [0.29, 0.717) is 17.8 Å². The second kappa shape index (κ2) is 7.39. The van der Waals surface area contributed by atoms with Crippen LogP contribution in [0.3, 0.4) is 0 Å². The first-order chi connectivity index (χ1) is 10.6. The Labute approximate surface area is 131 Å². The SMILES string of the molecule is CC(C(=O)Nc1cccc(C#N)c1)N(C)Cc1ccccc1. The quantitative estimate of drug-likeness (QED) is 0.922. The molecule has 2 aromatic carbocycles. The zero-order chi connectivity index (χ0) is 15.9. The second-order valence-corrected chi connectivity index (χ2v) is 5.26. The third-order valence-corrected chi connectivity index (χ3v) is 3.57. The van der Waals surface area contributed by atoms with E-state index in [-0.39, 0.29) is 11.9 Å². The standard InChI is InChI=1S/C18H19N3O/c1-14(21(2)13-15-7-4-3-5-8-15)18(22)20-17-10-6-9-16(11-17)12-19/h3-11,14H,13H2,1-2H3,(H,20,22). The van der Waals surface area contributed by atoms with Gasteiger partial charge in [0.15, 0.2) is 0 Å². The summed E-state index contributed by atoms with van der Waals surface area (Å²) in [7, 11) is 1.92. The molecule has 4 nitrogen and oxygen atoms in total. The van der Waals surface area contributed by atoms with Crippen molar-refractivity contribution < 1.29 is 4.79 Å². The Bertz CT molecular complexity index is 676. The summed E-state index contributed by atoms with van der Waals surface area (Å²) in [6, 6.07) is 18.7. The Morgan fingerprint density at radius 1 is 1.23 bits per heavy atom. The molecule has 0 bridgehead atoms. The molecule has 1 amide bonds. The summed E-state index contributed by atoms with van der Waals surface area (Å²) in [5, 5.41) is 11.7. The molecule has 1 atom stereocenters. The lowest BCUT2D eigenvalue weighted by atomic mass is 10.1. The van der Waals surface area contributed by atoms with E-state index in [1.807, 2.05) is 49.2 Å². The molecule has 0 aliphatic heterocycles. The van der Waals surface area contributed by atoms with E-state index < -0.39 is 0 Å². The Morgan fingerprint density at radius 3 is 2.64 bits per heavy atom. The fraction of sp³-hybridized carbons (Fsp3) is 0.222. The molecule has 0 aliphatic carbocycles. The van der Waals surface area contributed by atoms with E-state index in [9.17, 15) is 4.79 Å². The van der Waals surface area contributed by atoms with Gasteiger partial charge in [0.2, 0.25) is 5.91 Å². The van der Waals surface area contributed by atoms with Gasteiger partial charge in [0.1, 0.15) is 0 Å². The van der Waals surface area contributed by atoms with Crippen LogP contribution < -0.4 is 5.32 Å². The first-order valence-corrected chi connectivity index (χ1v) is 7.15. The van der Waals surface area contributed by atoms with E-state index in [4.69, 9.17) is 5.26 Å². The van der Waals surface area contributed by atoms with Crippen molar-refractivity contribution in [2.75, 3.05) is 12.4 Å². The molecule has 112 valence electrons. The van der Waals surface area contributed by atoms with Crippen LogP contribution in [0.15, 0.2) is 54.6 Å². The molecule has 2 aromatic rings. The number of hydrogen-bond acceptors (Lipinski definition) is 3. The van der Waals surface area contributed by atoms with Crippen LogP contribution in [0.4, 0.5) is 5.69 Å². The average Bonchev–Trinajstić information content (AvgIpc) is 2.55. The van der Waals surface area contributed by atoms with Gasteiger partial charge < -0.3 is 5.32 Å². The fourth-order valence-electron chi connectivity index (χ4n) is 2.12. The average molecular weight is 293 g/mol. The van der Waals surface area contributed by atoms with Gasteiger partial charge in [-0.15, -0.1) is 0 Å². The molecule has 0 saturated carbocycles. The number of nitriles is 1. The topological polar surface area (TPSA) is 56.1 Å². The van der Waals surface area contributed by atoms with Crippen molar-refractivity contribution in [3.63, 3.8) is 0 Å². The molecule has 0 aromatic heterocycles. The number of nitrogens with zero attached hydrogens (tertiary/aromatic N) is 2. The van der Waals surface area contributed by atoms with E-state index >= 15 is 0 Å². The molecule has 0 fully saturated rings. The van der Waals surface area contributed by atoms with Crippen molar-refractivity contribution in [2.24, 2.45) is 0 Å². The smallest absolute Gasteiger partial charge is 0.241 e. The minimum Gasteiger partial charge on any atom is -0.325 e. The van der Waals surface area contributed by atoms with Crippen LogP contribution in [-0.2, 0) is 11.3 Å². The van der Waals surface area contributed by atoms with Gasteiger partial charge in [0.05, 0.1) is 17.7 Å². The predicted octanol–water partition coefficient (Wildman–Crippen LogP) is 3.02. The van der Waals surface area contributed by atoms with Gasteiger partial charge in [-0.1, -0.05) is 36.4 Å². The molecule has 0 radical (unpaired) electrons. The monoisotopic (exact) mass is 293 g/mol. The lowest BCUT2D eigenvalue weighted by molar-refractivity contribution is -0.120. The third kappa shape index (κ3) is 4.18. The Balaban J connectivity index is 1.98. The second-order valence-electron chi connectivity index (χ2n) is 5.26. The highest BCUT2D eigenvalue weighted by Gasteiger charge is 2.18. The summed E-state index contributed by atoms with van der Waals surface area (Å²) in [6.45, 7) is 2.57. The largest absolute Gasteiger partial charge is 0.325 e. The normalized spacial score (nSPS) is 11.7. The van der Waals surface area contributed by atoms with E-state index in [0.717, 1.165) is 5.56 Å². The van der Waals surface area contributed by atoms with Crippen molar-refractivity contribution in [2.45, 2.75) is 19.5 Å². The van der Waals surface area contributed by atoms with Crippen LogP contribution in [0.5, 0.6) is 0 Å². The molecule has 4 heteroatoms. The maximum Gasteiger partial charge on any atom is 0.241 e. The van der Waals surface area contributed by atoms with Crippen molar-refractivity contribution in [3.05, 3.63) is 65.7 Å². The molecular formula is C18H19N3O. The van der Waals surface area contributed by atoms with Crippen molar-refractivity contribution in [1.82, 2.24) is 4.90 Å². The predicted molar refractivity (Wildman–Crippen MR) is 87.2 cm³/mol.